The molecular weight excluding hydrogens is 300 g/mol. The molecule has 4 heterocycles. The number of aryl methyl sites for hydroxylation is 2. The van der Waals surface area contributed by atoms with Crippen molar-refractivity contribution in [1.29, 1.82) is 0 Å². The summed E-state index contributed by atoms with van der Waals surface area (Å²) in [5.41, 5.74) is 2.74. The van der Waals surface area contributed by atoms with Gasteiger partial charge in [0.25, 0.3) is 5.88 Å². The molecule has 1 unspecified atom stereocenters. The van der Waals surface area contributed by atoms with Gasteiger partial charge >= 0.3 is 0 Å². The maximum atomic E-state index is 5.91. The van der Waals surface area contributed by atoms with Crippen molar-refractivity contribution in [3.63, 3.8) is 0 Å². The molecule has 2 aliphatic heterocycles. The Morgan fingerprint density at radius 2 is 2.27 bits per heavy atom. The van der Waals surface area contributed by atoms with Crippen LogP contribution >= 0.6 is 12.2 Å². The van der Waals surface area contributed by atoms with Gasteiger partial charge in [0.2, 0.25) is 0 Å². The molecule has 1 atom stereocenters. The van der Waals surface area contributed by atoms with Crippen LogP contribution < -0.4 is 4.74 Å². The quantitative estimate of drug-likeness (QED) is 0.700. The summed E-state index contributed by atoms with van der Waals surface area (Å²) >= 11 is 5.76. The second-order valence-electron chi connectivity index (χ2n) is 5.96. The first-order valence-electron chi connectivity index (χ1n) is 7.40. The van der Waals surface area contributed by atoms with Crippen molar-refractivity contribution >= 4 is 22.8 Å². The van der Waals surface area contributed by atoms with Crippen LogP contribution in [0.25, 0.3) is 5.76 Å². The van der Waals surface area contributed by atoms with E-state index < -0.39 is 5.41 Å². The number of rotatable bonds is 0. The average molecular weight is 314 g/mol. The molecule has 0 aromatic carbocycles. The maximum absolute atomic E-state index is 5.91. The third-order valence-electron chi connectivity index (χ3n) is 4.82. The Bertz CT molecular complexity index is 848. The summed E-state index contributed by atoms with van der Waals surface area (Å²) in [7, 11) is 0. The lowest BCUT2D eigenvalue weighted by Gasteiger charge is -2.32. The minimum absolute atomic E-state index is 0.474. The lowest BCUT2D eigenvalue weighted by molar-refractivity contribution is 0.267. The van der Waals surface area contributed by atoms with E-state index in [2.05, 4.69) is 22.0 Å². The van der Waals surface area contributed by atoms with E-state index in [0.717, 1.165) is 52.8 Å². The van der Waals surface area contributed by atoms with Crippen molar-refractivity contribution in [2.45, 2.75) is 25.3 Å². The molecule has 112 valence electrons. The topological polar surface area (TPSA) is 49.4 Å². The van der Waals surface area contributed by atoms with Gasteiger partial charge in [-0.05, 0) is 30.6 Å². The minimum Gasteiger partial charge on any atom is -0.491 e. The summed E-state index contributed by atoms with van der Waals surface area (Å²) in [5.74, 6) is 2.20. The number of ether oxygens (including phenoxy) is 2. The molecule has 0 amide bonds. The molecule has 0 bridgehead atoms. The molecule has 3 aliphatic rings. The van der Waals surface area contributed by atoms with E-state index in [4.69, 9.17) is 26.2 Å². The van der Waals surface area contributed by atoms with Gasteiger partial charge in [-0.3, -0.25) is 0 Å². The van der Waals surface area contributed by atoms with E-state index in [-0.39, 0.29) is 0 Å². The van der Waals surface area contributed by atoms with Crippen molar-refractivity contribution in [2.75, 3.05) is 13.2 Å². The number of allylic oxidation sites excluding steroid dienone is 1. The molecule has 0 N–H and O–H groups in total. The Morgan fingerprint density at radius 1 is 1.36 bits per heavy atom. The van der Waals surface area contributed by atoms with Crippen LogP contribution in [0.4, 0.5) is 0 Å². The van der Waals surface area contributed by atoms with Crippen LogP contribution in [0.15, 0.2) is 22.9 Å². The van der Waals surface area contributed by atoms with E-state index >= 15 is 0 Å². The highest BCUT2D eigenvalue weighted by Crippen LogP contribution is 2.51. The summed E-state index contributed by atoms with van der Waals surface area (Å²) in [6, 6.07) is 2.13. The van der Waals surface area contributed by atoms with Crippen LogP contribution in [0.1, 0.15) is 29.0 Å². The van der Waals surface area contributed by atoms with E-state index in [1.165, 1.54) is 0 Å². The summed E-state index contributed by atoms with van der Waals surface area (Å²) < 4.78 is 19.3. The number of thiocarbonyl (C=S) groups is 1. The summed E-state index contributed by atoms with van der Waals surface area (Å²) in [6.07, 6.45) is 5.08. The van der Waals surface area contributed by atoms with Crippen LogP contribution in [0.5, 0.6) is 5.88 Å². The molecule has 22 heavy (non-hydrogen) atoms. The number of fused-ring (bicyclic) bond motifs is 3. The Kier molecular flexibility index (Phi) is 2.27. The molecule has 6 heteroatoms. The van der Waals surface area contributed by atoms with Crippen molar-refractivity contribution in [3.8, 4) is 5.88 Å². The summed E-state index contributed by atoms with van der Waals surface area (Å²) in [5, 5.41) is 4.02. The Labute approximate surface area is 132 Å². The summed E-state index contributed by atoms with van der Waals surface area (Å²) in [4.78, 5) is 0.805. The lowest BCUT2D eigenvalue weighted by atomic mass is 9.71. The van der Waals surface area contributed by atoms with Gasteiger partial charge in [-0.1, -0.05) is 12.2 Å². The van der Waals surface area contributed by atoms with Crippen molar-refractivity contribution in [2.24, 2.45) is 0 Å². The molecule has 5 nitrogen and oxygen atoms in total. The Morgan fingerprint density at radius 3 is 3.18 bits per heavy atom. The standard InChI is InChI=1S/C16H14N2O3S/c1-9-13-15(17-21-9)20-8-16(13)10-3-5-18-4-2-6-19-11(14(10)18)7-12(16)22/h3,5,7H,2,4,6,8H2,1H3. The largest absolute Gasteiger partial charge is 0.491 e. The first kappa shape index (κ1) is 12.5. The predicted octanol–water partition coefficient (Wildman–Crippen LogP) is 2.61. The SMILES string of the molecule is Cc1onc2c1C1(CO2)C(=S)C=C2OCCCn3ccc1c32. The second kappa shape index (κ2) is 4.01. The molecule has 0 radical (unpaired) electrons. The highest BCUT2D eigenvalue weighted by molar-refractivity contribution is 7.81. The van der Waals surface area contributed by atoms with Crippen LogP contribution in [-0.2, 0) is 16.7 Å². The fourth-order valence-electron chi connectivity index (χ4n) is 3.84. The molecule has 0 saturated carbocycles. The highest BCUT2D eigenvalue weighted by atomic mass is 32.1. The number of aromatic nitrogens is 2. The van der Waals surface area contributed by atoms with Crippen molar-refractivity contribution in [3.05, 3.63) is 40.9 Å². The van der Waals surface area contributed by atoms with Gasteiger partial charge in [0.05, 0.1) is 17.9 Å². The molecule has 1 aliphatic carbocycles. The van der Waals surface area contributed by atoms with Crippen molar-refractivity contribution in [1.82, 2.24) is 9.72 Å². The third kappa shape index (κ3) is 1.30. The molecule has 0 saturated heterocycles. The van der Waals surface area contributed by atoms with Gasteiger partial charge in [-0.2, -0.15) is 0 Å². The van der Waals surface area contributed by atoms with Gasteiger partial charge in [0, 0.05) is 23.2 Å². The van der Waals surface area contributed by atoms with Gasteiger partial charge < -0.3 is 18.6 Å². The second-order valence-corrected chi connectivity index (χ2v) is 6.40. The van der Waals surface area contributed by atoms with Crippen molar-refractivity contribution < 1.29 is 14.0 Å². The monoisotopic (exact) mass is 314 g/mol. The smallest absolute Gasteiger partial charge is 0.259 e. The van der Waals surface area contributed by atoms with Crippen LogP contribution in [0.3, 0.4) is 0 Å². The third-order valence-corrected chi connectivity index (χ3v) is 5.29. The lowest BCUT2D eigenvalue weighted by Crippen LogP contribution is -2.40. The molecular formula is C16H14N2O3S. The molecule has 1 spiro atoms. The predicted molar refractivity (Wildman–Crippen MR) is 83.1 cm³/mol. The Balaban J connectivity index is 1.84. The first-order valence-corrected chi connectivity index (χ1v) is 7.81. The van der Waals surface area contributed by atoms with Gasteiger partial charge in [0.1, 0.15) is 23.5 Å². The van der Waals surface area contributed by atoms with E-state index in [1.54, 1.807) is 0 Å². The molecule has 5 rings (SSSR count). The normalized spacial score (nSPS) is 25.1. The zero-order chi connectivity index (χ0) is 14.9. The van der Waals surface area contributed by atoms with Gasteiger partial charge in [-0.25, -0.2) is 0 Å². The first-order chi connectivity index (χ1) is 10.7. The molecule has 2 aromatic rings. The number of hydrogen-bond acceptors (Lipinski definition) is 5. The maximum Gasteiger partial charge on any atom is 0.259 e. The fraction of sp³-hybridized carbons (Fsp3) is 0.375. The highest BCUT2D eigenvalue weighted by Gasteiger charge is 2.53. The van der Waals surface area contributed by atoms with Crippen LogP contribution in [0.2, 0.25) is 0 Å². The molecule has 0 fully saturated rings. The van der Waals surface area contributed by atoms with Gasteiger partial charge in [0.15, 0.2) is 0 Å². The van der Waals surface area contributed by atoms with E-state index in [1.807, 2.05) is 13.0 Å². The zero-order valence-corrected chi connectivity index (χ0v) is 12.9. The zero-order valence-electron chi connectivity index (χ0n) is 12.1. The van der Waals surface area contributed by atoms with Crippen LogP contribution in [-0.4, -0.2) is 27.8 Å². The summed E-state index contributed by atoms with van der Waals surface area (Å²) in [6.45, 7) is 4.05. The van der Waals surface area contributed by atoms with Crippen LogP contribution in [0, 0.1) is 6.92 Å². The van der Waals surface area contributed by atoms with Gasteiger partial charge in [-0.15, -0.1) is 0 Å². The van der Waals surface area contributed by atoms with E-state index in [9.17, 15) is 0 Å². The average Bonchev–Trinajstić information content (AvgIpc) is 3.14. The Hall–Kier alpha value is -2.08. The minimum atomic E-state index is -0.480. The number of nitrogens with zero attached hydrogens (tertiary/aromatic N) is 2. The molecule has 2 aromatic heterocycles. The number of hydrogen-bond donors (Lipinski definition) is 0. The fourth-order valence-corrected chi connectivity index (χ4v) is 4.21. The van der Waals surface area contributed by atoms with E-state index in [0.29, 0.717) is 12.5 Å².